The summed E-state index contributed by atoms with van der Waals surface area (Å²) in [5, 5.41) is 12.2. The van der Waals surface area contributed by atoms with E-state index in [0.717, 1.165) is 21.5 Å². The number of nitrogens with zero attached hydrogens (tertiary/aromatic N) is 1. The number of carboxylic acids is 1. The van der Waals surface area contributed by atoms with E-state index in [1.807, 2.05) is 30.5 Å². The number of hydrogen-bond donors (Lipinski definition) is 1. The lowest BCUT2D eigenvalue weighted by Gasteiger charge is -2.11. The van der Waals surface area contributed by atoms with Gasteiger partial charge in [0.2, 0.25) is 9.84 Å². The molecule has 2 aromatic heterocycles. The molecule has 7 heteroatoms. The highest BCUT2D eigenvalue weighted by Gasteiger charge is 2.23. The average Bonchev–Trinajstić information content (AvgIpc) is 3.27. The number of sulfone groups is 1. The van der Waals surface area contributed by atoms with Crippen LogP contribution in [0.2, 0.25) is 0 Å². The van der Waals surface area contributed by atoms with E-state index in [4.69, 9.17) is 0 Å². The molecule has 2 aromatic carbocycles. The summed E-state index contributed by atoms with van der Waals surface area (Å²) in [6, 6.07) is 17.4. The zero-order chi connectivity index (χ0) is 20.6. The third-order valence-corrected chi connectivity index (χ3v) is 7.84. The van der Waals surface area contributed by atoms with Crippen LogP contribution in [0.25, 0.3) is 10.2 Å². The number of thiophene rings is 1. The molecule has 29 heavy (non-hydrogen) atoms. The SMILES string of the molecule is Cc1c(Cc2ccccc2S(=O)(=O)c2ccccc2)c2ccsc2n1CC(=O)O. The number of rotatable bonds is 6. The first-order chi connectivity index (χ1) is 13.9. The van der Waals surface area contributed by atoms with Gasteiger partial charge >= 0.3 is 5.97 Å². The lowest BCUT2D eigenvalue weighted by Crippen LogP contribution is -2.10. The smallest absolute Gasteiger partial charge is 0.323 e. The molecule has 5 nitrogen and oxygen atoms in total. The number of benzene rings is 2. The second-order valence-electron chi connectivity index (χ2n) is 6.78. The first kappa shape index (κ1) is 19.4. The van der Waals surface area contributed by atoms with Crippen LogP contribution in [0, 0.1) is 6.92 Å². The van der Waals surface area contributed by atoms with Gasteiger partial charge in [0, 0.05) is 17.5 Å². The van der Waals surface area contributed by atoms with E-state index in [0.29, 0.717) is 12.0 Å². The number of hydrogen-bond acceptors (Lipinski definition) is 4. The molecule has 0 aliphatic heterocycles. The summed E-state index contributed by atoms with van der Waals surface area (Å²) in [6.45, 7) is 1.77. The van der Waals surface area contributed by atoms with E-state index in [2.05, 4.69) is 0 Å². The van der Waals surface area contributed by atoms with Crippen molar-refractivity contribution in [3.05, 3.63) is 82.9 Å². The molecule has 0 radical (unpaired) electrons. The Balaban J connectivity index is 1.83. The Morgan fingerprint density at radius 1 is 1.03 bits per heavy atom. The van der Waals surface area contributed by atoms with Gasteiger partial charge in [-0.15, -0.1) is 11.3 Å². The predicted octanol–water partition coefficient (Wildman–Crippen LogP) is 4.52. The lowest BCUT2D eigenvalue weighted by molar-refractivity contribution is -0.137. The molecule has 0 aliphatic rings. The Kier molecular flexibility index (Phi) is 5.02. The molecule has 0 aliphatic carbocycles. The van der Waals surface area contributed by atoms with Crippen LogP contribution in [-0.2, 0) is 27.6 Å². The van der Waals surface area contributed by atoms with E-state index in [1.54, 1.807) is 47.0 Å². The van der Waals surface area contributed by atoms with Crippen molar-refractivity contribution in [3.8, 4) is 0 Å². The van der Waals surface area contributed by atoms with Gasteiger partial charge in [0.05, 0.1) is 9.79 Å². The molecular formula is C22H19NO4S2. The Morgan fingerprint density at radius 3 is 2.45 bits per heavy atom. The Labute approximate surface area is 172 Å². The highest BCUT2D eigenvalue weighted by Crippen LogP contribution is 2.34. The van der Waals surface area contributed by atoms with E-state index in [1.165, 1.54) is 11.3 Å². The molecule has 0 bridgehead atoms. The summed E-state index contributed by atoms with van der Waals surface area (Å²) in [5.74, 6) is -0.906. The molecule has 0 amide bonds. The van der Waals surface area contributed by atoms with E-state index < -0.39 is 15.8 Å². The molecule has 0 saturated heterocycles. The third kappa shape index (κ3) is 3.47. The molecule has 1 N–H and O–H groups in total. The number of fused-ring (bicyclic) bond motifs is 1. The van der Waals surface area contributed by atoms with Crippen LogP contribution >= 0.6 is 11.3 Å². The van der Waals surface area contributed by atoms with Crippen molar-refractivity contribution >= 4 is 37.4 Å². The first-order valence-corrected chi connectivity index (χ1v) is 11.4. The maximum atomic E-state index is 13.2. The largest absolute Gasteiger partial charge is 0.480 e. The number of carbonyl (C=O) groups is 1. The fourth-order valence-electron chi connectivity index (χ4n) is 3.63. The molecule has 2 heterocycles. The summed E-state index contributed by atoms with van der Waals surface area (Å²) < 4.78 is 28.2. The second kappa shape index (κ2) is 7.50. The normalized spacial score (nSPS) is 11.8. The zero-order valence-electron chi connectivity index (χ0n) is 15.7. The van der Waals surface area contributed by atoms with Crippen LogP contribution in [0.1, 0.15) is 16.8 Å². The quantitative estimate of drug-likeness (QED) is 0.493. The van der Waals surface area contributed by atoms with Crippen molar-refractivity contribution < 1.29 is 18.3 Å². The van der Waals surface area contributed by atoms with Gasteiger partial charge in [-0.25, -0.2) is 8.42 Å². The second-order valence-corrected chi connectivity index (χ2v) is 9.60. The molecule has 0 saturated carbocycles. The van der Waals surface area contributed by atoms with E-state index >= 15 is 0 Å². The minimum Gasteiger partial charge on any atom is -0.480 e. The van der Waals surface area contributed by atoms with Gasteiger partial charge in [-0.05, 0) is 47.7 Å². The maximum Gasteiger partial charge on any atom is 0.323 e. The molecule has 4 rings (SSSR count). The van der Waals surface area contributed by atoms with Crippen LogP contribution in [0.15, 0.2) is 75.8 Å². The highest BCUT2D eigenvalue weighted by molar-refractivity contribution is 7.91. The van der Waals surface area contributed by atoms with Crippen LogP contribution in [0.3, 0.4) is 0 Å². The molecule has 0 atom stereocenters. The highest BCUT2D eigenvalue weighted by atomic mass is 32.2. The van der Waals surface area contributed by atoms with Gasteiger partial charge in [0.1, 0.15) is 11.4 Å². The van der Waals surface area contributed by atoms with Crippen molar-refractivity contribution in [2.45, 2.75) is 29.7 Å². The van der Waals surface area contributed by atoms with Crippen molar-refractivity contribution in [3.63, 3.8) is 0 Å². The zero-order valence-corrected chi connectivity index (χ0v) is 17.3. The number of aromatic nitrogens is 1. The predicted molar refractivity (Wildman–Crippen MR) is 113 cm³/mol. The van der Waals surface area contributed by atoms with Gasteiger partial charge in [0.25, 0.3) is 0 Å². The van der Waals surface area contributed by atoms with Crippen molar-refractivity contribution in [2.75, 3.05) is 0 Å². The average molecular weight is 426 g/mol. The summed E-state index contributed by atoms with van der Waals surface area (Å²) in [6.07, 6.45) is 0.411. The van der Waals surface area contributed by atoms with Crippen molar-refractivity contribution in [1.29, 1.82) is 0 Å². The van der Waals surface area contributed by atoms with Gasteiger partial charge in [-0.3, -0.25) is 4.79 Å². The maximum absolute atomic E-state index is 13.2. The van der Waals surface area contributed by atoms with Gasteiger partial charge in [-0.1, -0.05) is 36.4 Å². The summed E-state index contributed by atoms with van der Waals surface area (Å²) in [4.78, 5) is 12.7. The molecule has 4 aromatic rings. The molecule has 148 valence electrons. The van der Waals surface area contributed by atoms with Crippen molar-refractivity contribution in [2.24, 2.45) is 0 Å². The molecule has 0 spiro atoms. The fraction of sp³-hybridized carbons (Fsp3) is 0.136. The van der Waals surface area contributed by atoms with Crippen molar-refractivity contribution in [1.82, 2.24) is 4.57 Å². The van der Waals surface area contributed by atoms with Gasteiger partial charge < -0.3 is 9.67 Å². The topological polar surface area (TPSA) is 76.4 Å². The minimum absolute atomic E-state index is 0.118. The molecule has 0 fully saturated rings. The van der Waals surface area contributed by atoms with Crippen LogP contribution in [0.4, 0.5) is 0 Å². The summed E-state index contributed by atoms with van der Waals surface area (Å²) in [7, 11) is -3.65. The first-order valence-electron chi connectivity index (χ1n) is 9.04. The standard InChI is InChI=1S/C22H19NO4S2/c1-15-19(18-11-12-28-22(18)23(15)14-21(24)25)13-16-7-5-6-10-20(16)29(26,27)17-8-3-2-4-9-17/h2-12H,13-14H2,1H3,(H,24,25). The number of aliphatic carboxylic acids is 1. The van der Waals surface area contributed by atoms with Gasteiger partial charge in [-0.2, -0.15) is 0 Å². The molecular weight excluding hydrogens is 406 g/mol. The Hall–Kier alpha value is -2.90. The lowest BCUT2D eigenvalue weighted by atomic mass is 10.0. The van der Waals surface area contributed by atoms with Crippen LogP contribution < -0.4 is 0 Å². The van der Waals surface area contributed by atoms with E-state index in [9.17, 15) is 18.3 Å². The summed E-state index contributed by atoms with van der Waals surface area (Å²) in [5.41, 5.74) is 2.50. The third-order valence-electron chi connectivity index (χ3n) is 5.03. The number of carboxylic acid groups (broad SMARTS) is 1. The Morgan fingerprint density at radius 2 is 1.72 bits per heavy atom. The van der Waals surface area contributed by atoms with Crippen LogP contribution in [0.5, 0.6) is 0 Å². The fourth-order valence-corrected chi connectivity index (χ4v) is 6.12. The monoisotopic (exact) mass is 425 g/mol. The molecule has 0 unspecified atom stereocenters. The minimum atomic E-state index is -3.65. The Bertz CT molecular complexity index is 1300. The van der Waals surface area contributed by atoms with Gasteiger partial charge in [0.15, 0.2) is 0 Å². The summed E-state index contributed by atoms with van der Waals surface area (Å²) >= 11 is 1.49. The van der Waals surface area contributed by atoms with E-state index in [-0.39, 0.29) is 16.3 Å². The van der Waals surface area contributed by atoms with Crippen LogP contribution in [-0.4, -0.2) is 24.1 Å².